The van der Waals surface area contributed by atoms with E-state index in [4.69, 9.17) is 0 Å². The third-order valence-corrected chi connectivity index (χ3v) is 2.56. The third kappa shape index (κ3) is 14.2. The molecular formula is C19H48. The van der Waals surface area contributed by atoms with Crippen molar-refractivity contribution in [3.05, 3.63) is 0 Å². The molecule has 0 N–H and O–H groups in total. The smallest absolute Gasteiger partial charge is 0.0310 e. The predicted molar refractivity (Wildman–Crippen MR) is 98.2 cm³/mol. The number of hydrogen-bond acceptors (Lipinski definition) is 0. The Balaban J connectivity index is -0.0000000476. The molecule has 3 fully saturated rings. The molecule has 0 nitrogen and oxygen atoms in total. The lowest BCUT2D eigenvalue weighted by Crippen LogP contribution is -2.57. The molecule has 0 aliphatic heterocycles. The first-order valence-electron chi connectivity index (χ1n) is 9.12. The molecule has 0 aromatic rings. The van der Waals surface area contributed by atoms with Gasteiger partial charge < -0.3 is 0 Å². The summed E-state index contributed by atoms with van der Waals surface area (Å²) in [4.78, 5) is 0. The van der Waals surface area contributed by atoms with Gasteiger partial charge in [-0.2, -0.15) is 0 Å². The quantitative estimate of drug-likeness (QED) is 0.417. The molecule has 3 aliphatic rings. The van der Waals surface area contributed by atoms with Gasteiger partial charge in [-0.05, 0) is 30.1 Å². The second kappa shape index (κ2) is 23.1. The predicted octanol–water partition coefficient (Wildman–Crippen LogP) is 8.35. The molecular weight excluding hydrogens is 228 g/mol. The van der Waals surface area contributed by atoms with Crippen LogP contribution in [0.1, 0.15) is 116 Å². The minimum absolute atomic E-state index is 0.828. The first-order chi connectivity index (χ1) is 9.12. The standard InChI is InChI=1S/C7H12.6C2H6/c1-6-3-7(2,4-6)5-6;6*1-2/h3-5H2,1-2H3;6*1-2H3. The van der Waals surface area contributed by atoms with Crippen molar-refractivity contribution in [2.24, 2.45) is 10.8 Å². The van der Waals surface area contributed by atoms with Crippen LogP contribution in [0.2, 0.25) is 0 Å². The Bertz CT molecular complexity index is 81.4. The lowest BCUT2D eigenvalue weighted by atomic mass is 9.37. The zero-order valence-electron chi connectivity index (χ0n) is 17.1. The van der Waals surface area contributed by atoms with Gasteiger partial charge in [-0.25, -0.2) is 0 Å². The fourth-order valence-corrected chi connectivity index (χ4v) is 2.94. The molecule has 0 aromatic carbocycles. The maximum Gasteiger partial charge on any atom is -0.0310 e. The molecule has 3 saturated carbocycles. The van der Waals surface area contributed by atoms with Crippen molar-refractivity contribution >= 4 is 0 Å². The minimum atomic E-state index is 0.828. The highest BCUT2D eigenvalue weighted by atomic mass is 14.7. The van der Waals surface area contributed by atoms with E-state index < -0.39 is 0 Å². The van der Waals surface area contributed by atoms with E-state index in [0.29, 0.717) is 0 Å². The van der Waals surface area contributed by atoms with Crippen molar-refractivity contribution < 1.29 is 0 Å². The summed E-state index contributed by atoms with van der Waals surface area (Å²) in [5.74, 6) is 0. The summed E-state index contributed by atoms with van der Waals surface area (Å²) >= 11 is 0. The second-order valence-corrected chi connectivity index (χ2v) is 4.15. The van der Waals surface area contributed by atoms with Crippen LogP contribution in [0.25, 0.3) is 0 Å². The van der Waals surface area contributed by atoms with Gasteiger partial charge in [-0.1, -0.05) is 96.9 Å². The molecule has 124 valence electrons. The summed E-state index contributed by atoms with van der Waals surface area (Å²) in [5, 5.41) is 0. The van der Waals surface area contributed by atoms with Gasteiger partial charge in [0.2, 0.25) is 0 Å². The monoisotopic (exact) mass is 276 g/mol. The van der Waals surface area contributed by atoms with Crippen LogP contribution in [0.5, 0.6) is 0 Å². The minimum Gasteiger partial charge on any atom is -0.0683 e. The molecule has 0 heterocycles. The zero-order chi connectivity index (χ0) is 17.1. The maximum absolute atomic E-state index is 2.40. The summed E-state index contributed by atoms with van der Waals surface area (Å²) < 4.78 is 0. The lowest BCUT2D eigenvalue weighted by Gasteiger charge is -2.68. The van der Waals surface area contributed by atoms with Gasteiger partial charge >= 0.3 is 0 Å². The molecule has 19 heavy (non-hydrogen) atoms. The lowest BCUT2D eigenvalue weighted by molar-refractivity contribution is -0.176. The van der Waals surface area contributed by atoms with Crippen molar-refractivity contribution in [1.29, 1.82) is 0 Å². The van der Waals surface area contributed by atoms with Crippen LogP contribution in [-0.2, 0) is 0 Å². The Morgan fingerprint density at radius 1 is 0.368 bits per heavy atom. The van der Waals surface area contributed by atoms with Crippen molar-refractivity contribution in [2.75, 3.05) is 0 Å². The van der Waals surface area contributed by atoms with E-state index in [-0.39, 0.29) is 0 Å². The maximum atomic E-state index is 2.40. The third-order valence-electron chi connectivity index (χ3n) is 2.56. The summed E-state index contributed by atoms with van der Waals surface area (Å²) in [6.07, 6.45) is 4.54. The Morgan fingerprint density at radius 3 is 0.474 bits per heavy atom. The Morgan fingerprint density at radius 2 is 0.474 bits per heavy atom. The highest BCUT2D eigenvalue weighted by molar-refractivity contribution is 5.12. The molecule has 0 amide bonds. The Hall–Kier alpha value is 0. The average molecular weight is 277 g/mol. The van der Waals surface area contributed by atoms with E-state index in [2.05, 4.69) is 13.8 Å². The van der Waals surface area contributed by atoms with Crippen molar-refractivity contribution in [3.63, 3.8) is 0 Å². The Kier molecular flexibility index (Phi) is 38.2. The van der Waals surface area contributed by atoms with Crippen molar-refractivity contribution in [2.45, 2.75) is 116 Å². The van der Waals surface area contributed by atoms with Gasteiger partial charge in [0, 0.05) is 0 Å². The summed E-state index contributed by atoms with van der Waals surface area (Å²) in [5.41, 5.74) is 1.66. The fraction of sp³-hybridized carbons (Fsp3) is 1.00. The van der Waals surface area contributed by atoms with Crippen LogP contribution in [0.4, 0.5) is 0 Å². The molecule has 0 radical (unpaired) electrons. The molecule has 0 unspecified atom stereocenters. The number of rotatable bonds is 0. The highest BCUT2D eigenvalue weighted by Gasteiger charge is 2.61. The van der Waals surface area contributed by atoms with E-state index in [1.54, 1.807) is 0 Å². The first kappa shape index (κ1) is 31.4. The van der Waals surface area contributed by atoms with E-state index >= 15 is 0 Å². The topological polar surface area (TPSA) is 0 Å². The van der Waals surface area contributed by atoms with Gasteiger partial charge in [0.05, 0.1) is 0 Å². The normalized spacial score (nSPS) is 26.2. The number of hydrogen-bond donors (Lipinski definition) is 0. The van der Waals surface area contributed by atoms with Gasteiger partial charge in [0.1, 0.15) is 0 Å². The van der Waals surface area contributed by atoms with Crippen LogP contribution in [0.15, 0.2) is 0 Å². The molecule has 3 aliphatic carbocycles. The summed E-state index contributed by atoms with van der Waals surface area (Å²) in [7, 11) is 0. The van der Waals surface area contributed by atoms with Crippen LogP contribution in [0, 0.1) is 10.8 Å². The van der Waals surface area contributed by atoms with Gasteiger partial charge in [0.25, 0.3) is 0 Å². The molecule has 0 spiro atoms. The molecule has 2 bridgehead atoms. The van der Waals surface area contributed by atoms with Crippen LogP contribution in [-0.4, -0.2) is 0 Å². The van der Waals surface area contributed by atoms with Crippen molar-refractivity contribution in [1.82, 2.24) is 0 Å². The van der Waals surface area contributed by atoms with Gasteiger partial charge in [-0.15, -0.1) is 0 Å². The molecule has 0 saturated heterocycles. The van der Waals surface area contributed by atoms with Gasteiger partial charge in [0.15, 0.2) is 0 Å². The molecule has 0 aromatic heterocycles. The summed E-state index contributed by atoms with van der Waals surface area (Å²) in [6.45, 7) is 28.8. The fourth-order valence-electron chi connectivity index (χ4n) is 2.94. The van der Waals surface area contributed by atoms with E-state index in [1.165, 1.54) is 19.3 Å². The zero-order valence-corrected chi connectivity index (χ0v) is 17.1. The van der Waals surface area contributed by atoms with Crippen LogP contribution < -0.4 is 0 Å². The van der Waals surface area contributed by atoms with E-state index in [1.807, 2.05) is 83.1 Å². The molecule has 3 rings (SSSR count). The van der Waals surface area contributed by atoms with E-state index in [9.17, 15) is 0 Å². The van der Waals surface area contributed by atoms with E-state index in [0.717, 1.165) is 10.8 Å². The SMILES string of the molecule is CC.CC.CC.CC.CC.CC.CC12CC(C)(C1)C2. The second-order valence-electron chi connectivity index (χ2n) is 4.15. The van der Waals surface area contributed by atoms with Gasteiger partial charge in [-0.3, -0.25) is 0 Å². The van der Waals surface area contributed by atoms with Crippen molar-refractivity contribution in [3.8, 4) is 0 Å². The molecule has 0 atom stereocenters. The van der Waals surface area contributed by atoms with Crippen LogP contribution in [0.3, 0.4) is 0 Å². The average Bonchev–Trinajstić information content (AvgIpc) is 2.49. The Labute approximate surface area is 127 Å². The van der Waals surface area contributed by atoms with Crippen LogP contribution >= 0.6 is 0 Å². The highest BCUT2D eigenvalue weighted by Crippen LogP contribution is 2.72. The largest absolute Gasteiger partial charge is 0.0683 e. The first-order valence-corrected chi connectivity index (χ1v) is 9.12. The molecule has 0 heteroatoms. The summed E-state index contributed by atoms with van der Waals surface area (Å²) in [6, 6.07) is 0.